The fourth-order valence-electron chi connectivity index (χ4n) is 2.39. The summed E-state index contributed by atoms with van der Waals surface area (Å²) in [5, 5.41) is 8.95. The summed E-state index contributed by atoms with van der Waals surface area (Å²) >= 11 is 0. The number of ether oxygens (including phenoxy) is 1. The van der Waals surface area contributed by atoms with Crippen LogP contribution in [0.5, 0.6) is 5.75 Å². The lowest BCUT2D eigenvalue weighted by Crippen LogP contribution is -2.34. The SMILES string of the molecule is COc1ccccc1C(=O)NCCNC(=O)c1nc(-c2ccc(F)cc2)no1. The molecule has 0 bridgehead atoms. The zero-order valence-electron chi connectivity index (χ0n) is 14.9. The molecule has 2 N–H and O–H groups in total. The van der Waals surface area contributed by atoms with E-state index in [0.717, 1.165) is 0 Å². The molecule has 0 saturated heterocycles. The Morgan fingerprint density at radius 3 is 2.43 bits per heavy atom. The van der Waals surface area contributed by atoms with Gasteiger partial charge in [0.1, 0.15) is 11.6 Å². The first-order valence-electron chi connectivity index (χ1n) is 8.37. The predicted octanol–water partition coefficient (Wildman–Crippen LogP) is 2.04. The molecule has 2 amide bonds. The molecule has 0 aliphatic carbocycles. The molecule has 2 aromatic carbocycles. The van der Waals surface area contributed by atoms with Crippen LogP contribution in [0.25, 0.3) is 11.4 Å². The number of nitrogens with zero attached hydrogens (tertiary/aromatic N) is 2. The highest BCUT2D eigenvalue weighted by Crippen LogP contribution is 2.17. The number of amides is 2. The quantitative estimate of drug-likeness (QED) is 0.604. The van der Waals surface area contributed by atoms with E-state index in [2.05, 4.69) is 20.8 Å². The molecule has 144 valence electrons. The van der Waals surface area contributed by atoms with Crippen molar-refractivity contribution in [2.75, 3.05) is 20.2 Å². The maximum Gasteiger partial charge on any atom is 0.316 e. The third-order valence-electron chi connectivity index (χ3n) is 3.77. The molecular formula is C19H17FN4O4. The van der Waals surface area contributed by atoms with E-state index in [4.69, 9.17) is 9.26 Å². The Morgan fingerprint density at radius 1 is 1.04 bits per heavy atom. The van der Waals surface area contributed by atoms with Crippen LogP contribution < -0.4 is 15.4 Å². The van der Waals surface area contributed by atoms with E-state index in [0.29, 0.717) is 16.9 Å². The molecule has 0 unspecified atom stereocenters. The molecule has 0 fully saturated rings. The third kappa shape index (κ3) is 4.50. The Hall–Kier alpha value is -3.75. The lowest BCUT2D eigenvalue weighted by Gasteiger charge is -2.09. The maximum atomic E-state index is 13.0. The van der Waals surface area contributed by atoms with Crippen LogP contribution in [0.3, 0.4) is 0 Å². The van der Waals surface area contributed by atoms with E-state index < -0.39 is 5.91 Å². The molecule has 8 nitrogen and oxygen atoms in total. The second-order valence-electron chi connectivity index (χ2n) is 5.64. The van der Waals surface area contributed by atoms with E-state index >= 15 is 0 Å². The summed E-state index contributed by atoms with van der Waals surface area (Å²) in [4.78, 5) is 28.2. The maximum absolute atomic E-state index is 13.0. The second kappa shape index (κ2) is 8.76. The van der Waals surface area contributed by atoms with Gasteiger partial charge in [-0.1, -0.05) is 17.3 Å². The first-order valence-corrected chi connectivity index (χ1v) is 8.37. The number of carbonyl (C=O) groups excluding carboxylic acids is 2. The summed E-state index contributed by atoms with van der Waals surface area (Å²) in [6.45, 7) is 0.357. The molecule has 3 aromatic rings. The summed E-state index contributed by atoms with van der Waals surface area (Å²) in [6, 6.07) is 12.3. The van der Waals surface area contributed by atoms with Gasteiger partial charge in [0, 0.05) is 18.7 Å². The van der Waals surface area contributed by atoms with Gasteiger partial charge in [-0.2, -0.15) is 4.98 Å². The molecule has 0 aliphatic heterocycles. The van der Waals surface area contributed by atoms with Crippen molar-refractivity contribution in [1.82, 2.24) is 20.8 Å². The number of aromatic nitrogens is 2. The average Bonchev–Trinajstić information content (AvgIpc) is 3.21. The van der Waals surface area contributed by atoms with Crippen molar-refractivity contribution in [2.24, 2.45) is 0 Å². The second-order valence-corrected chi connectivity index (χ2v) is 5.64. The Morgan fingerprint density at radius 2 is 1.71 bits per heavy atom. The lowest BCUT2D eigenvalue weighted by molar-refractivity contribution is 0.0897. The smallest absolute Gasteiger partial charge is 0.316 e. The highest BCUT2D eigenvalue weighted by molar-refractivity contribution is 5.97. The molecule has 9 heteroatoms. The fourth-order valence-corrected chi connectivity index (χ4v) is 2.39. The molecule has 0 radical (unpaired) electrons. The zero-order chi connectivity index (χ0) is 19.9. The minimum absolute atomic E-state index is 0.161. The van der Waals surface area contributed by atoms with Gasteiger partial charge in [-0.3, -0.25) is 9.59 Å². The van der Waals surface area contributed by atoms with E-state index in [1.807, 2.05) is 0 Å². The zero-order valence-corrected chi connectivity index (χ0v) is 14.9. The number of rotatable bonds is 7. The van der Waals surface area contributed by atoms with E-state index in [9.17, 15) is 14.0 Å². The predicted molar refractivity (Wildman–Crippen MR) is 97.4 cm³/mol. The summed E-state index contributed by atoms with van der Waals surface area (Å²) < 4.78 is 23.0. The Kier molecular flexibility index (Phi) is 5.95. The van der Waals surface area contributed by atoms with Crippen LogP contribution in [0.4, 0.5) is 4.39 Å². The molecule has 0 atom stereocenters. The third-order valence-corrected chi connectivity index (χ3v) is 3.77. The minimum Gasteiger partial charge on any atom is -0.496 e. The van der Waals surface area contributed by atoms with Crippen LogP contribution in [0.2, 0.25) is 0 Å². The molecule has 0 aliphatic rings. The molecule has 1 aromatic heterocycles. The number of para-hydroxylation sites is 1. The van der Waals surface area contributed by atoms with E-state index in [1.54, 1.807) is 24.3 Å². The van der Waals surface area contributed by atoms with Gasteiger partial charge in [0.2, 0.25) is 5.82 Å². The number of carbonyl (C=O) groups is 2. The number of hydrogen-bond donors (Lipinski definition) is 2. The molecule has 3 rings (SSSR count). The van der Waals surface area contributed by atoms with Crippen molar-refractivity contribution in [1.29, 1.82) is 0 Å². The first kappa shape index (κ1) is 19.0. The Balaban J connectivity index is 1.49. The standard InChI is InChI=1S/C19H17FN4O4/c1-27-15-5-3-2-4-14(15)17(25)21-10-11-22-18(26)19-23-16(24-28-19)12-6-8-13(20)9-7-12/h2-9H,10-11H2,1H3,(H,21,25)(H,22,26). The van der Waals surface area contributed by atoms with Crippen LogP contribution in [-0.2, 0) is 0 Å². The van der Waals surface area contributed by atoms with Gasteiger partial charge in [0.25, 0.3) is 5.91 Å². The molecule has 0 spiro atoms. The van der Waals surface area contributed by atoms with Gasteiger partial charge in [-0.05, 0) is 36.4 Å². The van der Waals surface area contributed by atoms with Crippen LogP contribution in [0.1, 0.15) is 21.0 Å². The number of hydrogen-bond acceptors (Lipinski definition) is 6. The van der Waals surface area contributed by atoms with Gasteiger partial charge < -0.3 is 19.9 Å². The normalized spacial score (nSPS) is 10.4. The van der Waals surface area contributed by atoms with Crippen molar-refractivity contribution >= 4 is 11.8 Å². The summed E-state index contributed by atoms with van der Waals surface area (Å²) in [5.41, 5.74) is 0.922. The van der Waals surface area contributed by atoms with Crippen LogP contribution >= 0.6 is 0 Å². The van der Waals surface area contributed by atoms with Crippen LogP contribution in [0, 0.1) is 5.82 Å². The van der Waals surface area contributed by atoms with Crippen molar-refractivity contribution < 1.29 is 23.2 Å². The number of benzene rings is 2. The number of halogens is 1. The summed E-state index contributed by atoms with van der Waals surface area (Å²) in [5.74, 6) is -0.871. The van der Waals surface area contributed by atoms with Crippen molar-refractivity contribution in [3.8, 4) is 17.1 Å². The largest absolute Gasteiger partial charge is 0.496 e. The van der Waals surface area contributed by atoms with Gasteiger partial charge in [0.05, 0.1) is 12.7 Å². The summed E-state index contributed by atoms with van der Waals surface area (Å²) in [6.07, 6.45) is 0. The Bertz CT molecular complexity index is 972. The monoisotopic (exact) mass is 384 g/mol. The number of methoxy groups -OCH3 is 1. The average molecular weight is 384 g/mol. The highest BCUT2D eigenvalue weighted by Gasteiger charge is 2.16. The molecule has 0 saturated carbocycles. The molecule has 1 heterocycles. The lowest BCUT2D eigenvalue weighted by atomic mass is 10.2. The summed E-state index contributed by atoms with van der Waals surface area (Å²) in [7, 11) is 1.48. The minimum atomic E-state index is -0.576. The van der Waals surface area contributed by atoms with Gasteiger partial charge in [0.15, 0.2) is 0 Å². The van der Waals surface area contributed by atoms with E-state index in [1.165, 1.54) is 31.4 Å². The van der Waals surface area contributed by atoms with Crippen molar-refractivity contribution in [3.05, 3.63) is 65.8 Å². The van der Waals surface area contributed by atoms with Crippen LogP contribution in [0.15, 0.2) is 53.1 Å². The van der Waals surface area contributed by atoms with Crippen molar-refractivity contribution in [2.45, 2.75) is 0 Å². The molecule has 28 heavy (non-hydrogen) atoms. The van der Waals surface area contributed by atoms with Gasteiger partial charge in [-0.15, -0.1) is 0 Å². The van der Waals surface area contributed by atoms with Gasteiger partial charge >= 0.3 is 11.8 Å². The van der Waals surface area contributed by atoms with E-state index in [-0.39, 0.29) is 36.5 Å². The van der Waals surface area contributed by atoms with Gasteiger partial charge in [-0.25, -0.2) is 4.39 Å². The number of nitrogens with one attached hydrogen (secondary N) is 2. The highest BCUT2D eigenvalue weighted by atomic mass is 19.1. The fraction of sp³-hybridized carbons (Fsp3) is 0.158. The Labute approximate surface area is 159 Å². The van der Waals surface area contributed by atoms with Crippen LogP contribution in [-0.4, -0.2) is 42.2 Å². The van der Waals surface area contributed by atoms with Crippen molar-refractivity contribution in [3.63, 3.8) is 0 Å². The first-order chi connectivity index (χ1) is 13.6. The molecular weight excluding hydrogens is 367 g/mol. The topological polar surface area (TPSA) is 106 Å².